The van der Waals surface area contributed by atoms with Crippen molar-refractivity contribution in [2.24, 2.45) is 5.92 Å². The van der Waals surface area contributed by atoms with E-state index < -0.39 is 0 Å². The van der Waals surface area contributed by atoms with Crippen molar-refractivity contribution in [2.45, 2.75) is 50.9 Å². The molecule has 2 aromatic carbocycles. The molecule has 2 aliphatic carbocycles. The number of benzene rings is 2. The third-order valence-electron chi connectivity index (χ3n) is 6.58. The summed E-state index contributed by atoms with van der Waals surface area (Å²) in [7, 11) is 1.69. The van der Waals surface area contributed by atoms with Crippen molar-refractivity contribution < 1.29 is 9.13 Å². The van der Waals surface area contributed by atoms with Crippen LogP contribution in [0.25, 0.3) is 5.69 Å². The minimum absolute atomic E-state index is 0.0171. The molecule has 0 aliphatic heterocycles. The van der Waals surface area contributed by atoms with Crippen molar-refractivity contribution in [1.29, 1.82) is 0 Å². The Morgan fingerprint density at radius 2 is 1.93 bits per heavy atom. The van der Waals surface area contributed by atoms with Crippen LogP contribution in [0.4, 0.5) is 4.39 Å². The molecule has 2 aliphatic rings. The van der Waals surface area contributed by atoms with Gasteiger partial charge in [-0.3, -0.25) is 0 Å². The second-order valence-corrected chi connectivity index (χ2v) is 9.03. The number of hydrogen-bond acceptors (Lipinski definition) is 1. The monoisotopic (exact) mass is 423 g/mol. The summed E-state index contributed by atoms with van der Waals surface area (Å²) < 4.78 is 23.4. The van der Waals surface area contributed by atoms with E-state index in [1.165, 1.54) is 5.69 Å². The molecule has 0 saturated heterocycles. The first-order valence-corrected chi connectivity index (χ1v) is 11.3. The fraction of sp³-hybridized carbons (Fsp3) is 0.385. The number of methoxy groups -OCH3 is 1. The molecule has 0 bridgehead atoms. The maximum Gasteiger partial charge on any atom is 0.127 e. The van der Waals surface area contributed by atoms with Crippen LogP contribution < -0.4 is 4.74 Å². The van der Waals surface area contributed by atoms with Crippen LogP contribution in [0.5, 0.6) is 5.75 Å². The normalized spacial score (nSPS) is 17.2. The molecule has 30 heavy (non-hydrogen) atoms. The molecule has 5 rings (SSSR count). The number of ether oxygens (including phenoxy) is 1. The predicted molar refractivity (Wildman–Crippen MR) is 120 cm³/mol. The number of hydrogen-bond donors (Lipinski definition) is 0. The molecule has 1 aromatic heterocycles. The van der Waals surface area contributed by atoms with E-state index in [9.17, 15) is 0 Å². The van der Waals surface area contributed by atoms with E-state index in [1.807, 2.05) is 6.07 Å². The first-order valence-electron chi connectivity index (χ1n) is 10.9. The summed E-state index contributed by atoms with van der Waals surface area (Å²) in [4.78, 5) is 0. The summed E-state index contributed by atoms with van der Waals surface area (Å²) >= 11 is 6.49. The first kappa shape index (κ1) is 19.7. The number of aromatic nitrogens is 1. The Morgan fingerprint density at radius 1 is 1.13 bits per heavy atom. The Morgan fingerprint density at radius 3 is 2.60 bits per heavy atom. The highest BCUT2D eigenvalue weighted by molar-refractivity contribution is 6.30. The number of aryl methyl sites for hydroxylation is 1. The fourth-order valence-electron chi connectivity index (χ4n) is 4.88. The zero-order valence-corrected chi connectivity index (χ0v) is 18.3. The number of halogens is 2. The van der Waals surface area contributed by atoms with Crippen LogP contribution in [0.2, 0.25) is 5.02 Å². The Labute approximate surface area is 182 Å². The van der Waals surface area contributed by atoms with E-state index in [2.05, 4.69) is 42.0 Å². The van der Waals surface area contributed by atoms with Gasteiger partial charge >= 0.3 is 0 Å². The van der Waals surface area contributed by atoms with Gasteiger partial charge in [0.2, 0.25) is 0 Å². The molecule has 2 fully saturated rings. The zero-order valence-electron chi connectivity index (χ0n) is 17.5. The molecular weight excluding hydrogens is 397 g/mol. The number of nitrogens with zero attached hydrogens (tertiary/aromatic N) is 1. The zero-order chi connectivity index (χ0) is 20.8. The van der Waals surface area contributed by atoms with Crippen LogP contribution in [0.3, 0.4) is 0 Å². The molecule has 0 amide bonds. The second-order valence-electron chi connectivity index (χ2n) is 8.59. The summed E-state index contributed by atoms with van der Waals surface area (Å²) in [6.07, 6.45) is 7.46. The smallest absolute Gasteiger partial charge is 0.127 e. The molecule has 1 heterocycles. The first-order chi connectivity index (χ1) is 14.6. The average molecular weight is 424 g/mol. The third-order valence-corrected chi connectivity index (χ3v) is 6.82. The van der Waals surface area contributed by atoms with Crippen molar-refractivity contribution >= 4 is 11.6 Å². The highest BCUT2D eigenvalue weighted by atomic mass is 35.5. The van der Waals surface area contributed by atoms with Gasteiger partial charge in [-0.15, -0.1) is 0 Å². The van der Waals surface area contributed by atoms with Crippen molar-refractivity contribution in [2.75, 3.05) is 7.11 Å². The van der Waals surface area contributed by atoms with E-state index in [0.29, 0.717) is 16.9 Å². The highest BCUT2D eigenvalue weighted by Gasteiger charge is 2.41. The van der Waals surface area contributed by atoms with Gasteiger partial charge in [0, 0.05) is 39.6 Å². The summed E-state index contributed by atoms with van der Waals surface area (Å²) in [6.45, 7) is 2.16. The molecule has 1 unspecified atom stereocenters. The van der Waals surface area contributed by atoms with Crippen molar-refractivity contribution in [1.82, 2.24) is 4.57 Å². The maximum absolute atomic E-state index is 15.5. The predicted octanol–water partition coefficient (Wildman–Crippen LogP) is 7.26. The Kier molecular flexibility index (Phi) is 5.10. The summed E-state index contributed by atoms with van der Waals surface area (Å²) in [5.41, 5.74) is 5.35. The molecule has 0 N–H and O–H groups in total. The summed E-state index contributed by atoms with van der Waals surface area (Å²) in [5.74, 6) is 1.51. The van der Waals surface area contributed by atoms with E-state index in [-0.39, 0.29) is 11.7 Å². The van der Waals surface area contributed by atoms with Gasteiger partial charge < -0.3 is 9.30 Å². The van der Waals surface area contributed by atoms with Crippen molar-refractivity contribution in [3.63, 3.8) is 0 Å². The second kappa shape index (κ2) is 7.77. The summed E-state index contributed by atoms with van der Waals surface area (Å²) in [5, 5.41) is 0.695. The van der Waals surface area contributed by atoms with Crippen molar-refractivity contribution in [3.8, 4) is 11.4 Å². The largest absolute Gasteiger partial charge is 0.496 e. The Hall–Kier alpha value is -2.26. The van der Waals surface area contributed by atoms with Gasteiger partial charge in [0.25, 0.3) is 0 Å². The molecule has 0 spiro atoms. The lowest BCUT2D eigenvalue weighted by Crippen LogP contribution is -2.14. The fourth-order valence-corrected chi connectivity index (χ4v) is 5.07. The van der Waals surface area contributed by atoms with E-state index in [0.717, 1.165) is 60.2 Å². The standard InChI is InChI=1S/C26H27ClFNO/c1-3-19-5-4-14-29(19)22-12-10-18(27)15-20(22)24(16-6-7-16)26-21(28)11-13-23(30-2)25(26)17-8-9-17/h4-5,10-17,24H,3,6-9H2,1-2H3. The molecular formula is C26H27ClFNO. The van der Waals surface area contributed by atoms with Crippen molar-refractivity contribution in [3.05, 3.63) is 81.9 Å². The quantitative estimate of drug-likeness (QED) is 0.390. The molecule has 4 heteroatoms. The molecule has 2 nitrogen and oxygen atoms in total. The van der Waals surface area contributed by atoms with Crippen LogP contribution in [-0.4, -0.2) is 11.7 Å². The SMILES string of the molecule is CCc1cccn1-c1ccc(Cl)cc1C(c1c(F)ccc(OC)c1C1CC1)C1CC1. The lowest BCUT2D eigenvalue weighted by molar-refractivity contribution is 0.406. The van der Waals surface area contributed by atoms with E-state index >= 15 is 4.39 Å². The van der Waals surface area contributed by atoms with Crippen LogP contribution >= 0.6 is 11.6 Å². The lowest BCUT2D eigenvalue weighted by atomic mass is 9.81. The van der Waals surface area contributed by atoms with Crippen LogP contribution in [0.15, 0.2) is 48.7 Å². The maximum atomic E-state index is 15.5. The number of rotatable bonds is 7. The molecule has 2 saturated carbocycles. The topological polar surface area (TPSA) is 14.2 Å². The van der Waals surface area contributed by atoms with Gasteiger partial charge in [-0.1, -0.05) is 18.5 Å². The minimum Gasteiger partial charge on any atom is -0.496 e. The van der Waals surface area contributed by atoms with Crippen LogP contribution in [-0.2, 0) is 6.42 Å². The van der Waals surface area contributed by atoms with Crippen LogP contribution in [0.1, 0.15) is 66.8 Å². The molecule has 3 aromatic rings. The molecule has 1 atom stereocenters. The minimum atomic E-state index is -0.122. The van der Waals surface area contributed by atoms with Crippen LogP contribution in [0, 0.1) is 11.7 Å². The van der Waals surface area contributed by atoms with Gasteiger partial charge in [-0.25, -0.2) is 4.39 Å². The lowest BCUT2D eigenvalue weighted by Gasteiger charge is -2.26. The van der Waals surface area contributed by atoms with Gasteiger partial charge in [-0.2, -0.15) is 0 Å². The Bertz CT molecular complexity index is 1080. The highest BCUT2D eigenvalue weighted by Crippen LogP contribution is 2.55. The van der Waals surface area contributed by atoms with Gasteiger partial charge in [-0.05, 0) is 92.0 Å². The average Bonchev–Trinajstić information content (AvgIpc) is 3.68. The van der Waals surface area contributed by atoms with Gasteiger partial charge in [0.05, 0.1) is 7.11 Å². The Balaban J connectivity index is 1.75. The van der Waals surface area contributed by atoms with E-state index in [1.54, 1.807) is 19.2 Å². The summed E-state index contributed by atoms with van der Waals surface area (Å²) in [6, 6.07) is 13.7. The third kappa shape index (κ3) is 3.43. The van der Waals surface area contributed by atoms with Gasteiger partial charge in [0.1, 0.15) is 11.6 Å². The molecule has 156 valence electrons. The molecule has 0 radical (unpaired) electrons. The van der Waals surface area contributed by atoms with Gasteiger partial charge in [0.15, 0.2) is 0 Å². The van der Waals surface area contributed by atoms with E-state index in [4.69, 9.17) is 16.3 Å².